The quantitative estimate of drug-likeness (QED) is 0.836. The van der Waals surface area contributed by atoms with Crippen LogP contribution in [0.3, 0.4) is 0 Å². The highest BCUT2D eigenvalue weighted by atomic mass is 19.1. The van der Waals surface area contributed by atoms with Crippen molar-refractivity contribution in [1.29, 1.82) is 0 Å². The van der Waals surface area contributed by atoms with Crippen molar-refractivity contribution in [2.75, 3.05) is 26.2 Å². The fourth-order valence-electron chi connectivity index (χ4n) is 4.61. The minimum Gasteiger partial charge on any atom is -0.340 e. The molecule has 8 heteroatoms. The Kier molecular flexibility index (Phi) is 5.36. The molecule has 1 atom stereocenters. The van der Waals surface area contributed by atoms with E-state index in [-0.39, 0.29) is 23.7 Å². The lowest BCUT2D eigenvalue weighted by molar-refractivity contribution is -0.131. The van der Waals surface area contributed by atoms with Crippen molar-refractivity contribution in [1.82, 2.24) is 19.6 Å². The van der Waals surface area contributed by atoms with E-state index in [1.54, 1.807) is 11.0 Å². The van der Waals surface area contributed by atoms with Crippen LogP contribution in [0, 0.1) is 11.2 Å². The number of carbonyl (C=O) groups excluding carboxylic acids is 1. The Hall–Kier alpha value is -2.74. The molecule has 29 heavy (non-hydrogen) atoms. The van der Waals surface area contributed by atoms with Gasteiger partial charge in [-0.3, -0.25) is 24.4 Å². The molecule has 3 heterocycles. The van der Waals surface area contributed by atoms with Crippen molar-refractivity contribution in [2.24, 2.45) is 5.41 Å². The lowest BCUT2D eigenvalue weighted by atomic mass is 9.79. The number of nitrogens with one attached hydrogen (secondary N) is 1. The molecule has 154 valence electrons. The first kappa shape index (κ1) is 19.6. The van der Waals surface area contributed by atoms with Gasteiger partial charge in [-0.05, 0) is 31.9 Å². The number of halogens is 1. The number of benzene rings is 1. The highest BCUT2D eigenvalue weighted by Crippen LogP contribution is 2.39. The first-order chi connectivity index (χ1) is 13.9. The van der Waals surface area contributed by atoms with Crippen molar-refractivity contribution in [3.05, 3.63) is 68.5 Å². The van der Waals surface area contributed by atoms with Crippen LogP contribution in [0.5, 0.6) is 0 Å². The van der Waals surface area contributed by atoms with Crippen LogP contribution in [0.4, 0.5) is 4.39 Å². The largest absolute Gasteiger partial charge is 0.340 e. The highest BCUT2D eigenvalue weighted by molar-refractivity contribution is 5.76. The lowest BCUT2D eigenvalue weighted by Gasteiger charge is -2.40. The summed E-state index contributed by atoms with van der Waals surface area (Å²) in [5.41, 5.74) is -0.108. The van der Waals surface area contributed by atoms with Gasteiger partial charge in [0.2, 0.25) is 5.91 Å². The van der Waals surface area contributed by atoms with Crippen molar-refractivity contribution in [3.8, 4) is 0 Å². The fourth-order valence-corrected chi connectivity index (χ4v) is 4.61. The van der Waals surface area contributed by atoms with E-state index in [1.165, 1.54) is 12.1 Å². The summed E-state index contributed by atoms with van der Waals surface area (Å²) >= 11 is 0. The van der Waals surface area contributed by atoms with Crippen molar-refractivity contribution >= 4 is 5.91 Å². The molecule has 2 saturated heterocycles. The number of piperidine rings is 1. The molecule has 1 aromatic carbocycles. The standard InChI is InChI=1S/C21H25FN4O3/c22-17-5-2-1-4-16(17)12-24-10-3-8-21(14-24)9-11-25(15-21)20(29)13-26-19(28)7-6-18(27)23-26/h1-2,4-7H,3,8-15H2,(H,23,27)/t21-/m1/s1. The molecule has 7 nitrogen and oxygen atoms in total. The average Bonchev–Trinajstić information content (AvgIpc) is 3.10. The molecule has 1 N–H and O–H groups in total. The van der Waals surface area contributed by atoms with Crippen LogP contribution < -0.4 is 11.1 Å². The molecule has 1 spiro atoms. The molecule has 0 aliphatic carbocycles. The molecule has 0 bridgehead atoms. The summed E-state index contributed by atoms with van der Waals surface area (Å²) < 4.78 is 15.1. The van der Waals surface area contributed by atoms with E-state index in [9.17, 15) is 18.8 Å². The molecule has 2 aromatic rings. The Labute approximate surface area is 167 Å². The van der Waals surface area contributed by atoms with Crippen LogP contribution in [0.25, 0.3) is 0 Å². The first-order valence-corrected chi connectivity index (χ1v) is 9.98. The SMILES string of the molecule is O=C(Cn1[nH]c(=O)ccc1=O)N1CC[C@@]2(CCCN(Cc3ccccc3F)C2)C1. The number of rotatable bonds is 4. The summed E-state index contributed by atoms with van der Waals surface area (Å²) in [5.74, 6) is -0.352. The fraction of sp³-hybridized carbons (Fsp3) is 0.476. The Morgan fingerprint density at radius 3 is 2.72 bits per heavy atom. The number of hydrogen-bond donors (Lipinski definition) is 1. The molecule has 2 fully saturated rings. The zero-order valence-electron chi connectivity index (χ0n) is 16.3. The molecule has 0 radical (unpaired) electrons. The van der Waals surface area contributed by atoms with E-state index < -0.39 is 11.1 Å². The molecule has 2 aliphatic heterocycles. The summed E-state index contributed by atoms with van der Waals surface area (Å²) in [5, 5.41) is 2.40. The van der Waals surface area contributed by atoms with Crippen LogP contribution in [-0.2, 0) is 17.9 Å². The van der Waals surface area contributed by atoms with Crippen LogP contribution >= 0.6 is 0 Å². The summed E-state index contributed by atoms with van der Waals surface area (Å²) in [4.78, 5) is 40.0. The summed E-state index contributed by atoms with van der Waals surface area (Å²) in [6, 6.07) is 9.17. The zero-order chi connectivity index (χ0) is 20.4. The molecule has 1 amide bonds. The molecule has 0 unspecified atom stereocenters. The predicted octanol–water partition coefficient (Wildman–Crippen LogP) is 1.19. The smallest absolute Gasteiger partial charge is 0.265 e. The van der Waals surface area contributed by atoms with Crippen LogP contribution in [0.2, 0.25) is 0 Å². The van der Waals surface area contributed by atoms with Gasteiger partial charge in [0.05, 0.1) is 0 Å². The number of H-pyrrole nitrogens is 1. The maximum absolute atomic E-state index is 14.0. The molecule has 4 rings (SSSR count). The monoisotopic (exact) mass is 400 g/mol. The van der Waals surface area contributed by atoms with Crippen LogP contribution in [0.1, 0.15) is 24.8 Å². The minimum absolute atomic E-state index is 0.00816. The van der Waals surface area contributed by atoms with Gasteiger partial charge in [-0.15, -0.1) is 0 Å². The van der Waals surface area contributed by atoms with Crippen molar-refractivity contribution < 1.29 is 9.18 Å². The van der Waals surface area contributed by atoms with Gasteiger partial charge in [-0.1, -0.05) is 18.2 Å². The van der Waals surface area contributed by atoms with Crippen LogP contribution in [0.15, 0.2) is 46.0 Å². The van der Waals surface area contributed by atoms with Crippen molar-refractivity contribution in [2.45, 2.75) is 32.4 Å². The maximum Gasteiger partial charge on any atom is 0.265 e. The summed E-state index contributed by atoms with van der Waals surface area (Å²) in [6.07, 6.45) is 2.95. The number of aromatic amines is 1. The molecular weight excluding hydrogens is 375 g/mol. The Bertz CT molecular complexity index is 1020. The van der Waals surface area contributed by atoms with E-state index >= 15 is 0 Å². The van der Waals surface area contributed by atoms with Crippen molar-refractivity contribution in [3.63, 3.8) is 0 Å². The Morgan fingerprint density at radius 1 is 1.07 bits per heavy atom. The first-order valence-electron chi connectivity index (χ1n) is 9.98. The van der Waals surface area contributed by atoms with E-state index in [0.717, 1.165) is 43.1 Å². The van der Waals surface area contributed by atoms with E-state index in [1.807, 2.05) is 12.1 Å². The van der Waals surface area contributed by atoms with E-state index in [0.29, 0.717) is 25.2 Å². The van der Waals surface area contributed by atoms with Gasteiger partial charge in [0.1, 0.15) is 12.4 Å². The highest BCUT2D eigenvalue weighted by Gasteiger charge is 2.42. The van der Waals surface area contributed by atoms with Gasteiger partial charge >= 0.3 is 0 Å². The second-order valence-corrected chi connectivity index (χ2v) is 8.20. The normalized spacial score (nSPS) is 22.3. The average molecular weight is 400 g/mol. The Morgan fingerprint density at radius 2 is 1.90 bits per heavy atom. The third-order valence-corrected chi connectivity index (χ3v) is 6.07. The summed E-state index contributed by atoms with van der Waals surface area (Å²) in [7, 11) is 0. The van der Waals surface area contributed by atoms with Gasteiger partial charge in [-0.25, -0.2) is 9.07 Å². The number of nitrogens with zero attached hydrogens (tertiary/aromatic N) is 3. The summed E-state index contributed by atoms with van der Waals surface area (Å²) in [6.45, 7) is 3.43. The number of carbonyl (C=O) groups is 1. The second-order valence-electron chi connectivity index (χ2n) is 8.20. The zero-order valence-corrected chi connectivity index (χ0v) is 16.3. The number of amides is 1. The molecule has 0 saturated carbocycles. The third-order valence-electron chi connectivity index (χ3n) is 6.07. The molecule has 2 aliphatic rings. The van der Waals surface area contributed by atoms with Crippen LogP contribution in [-0.4, -0.2) is 51.7 Å². The molecule has 1 aromatic heterocycles. The minimum atomic E-state index is -0.411. The number of hydrogen-bond acceptors (Lipinski definition) is 4. The predicted molar refractivity (Wildman–Crippen MR) is 106 cm³/mol. The van der Waals surface area contributed by atoms with Gasteiger partial charge in [0, 0.05) is 49.3 Å². The number of aromatic nitrogens is 2. The maximum atomic E-state index is 14.0. The van der Waals surface area contributed by atoms with Gasteiger partial charge in [0.15, 0.2) is 0 Å². The lowest BCUT2D eigenvalue weighted by Crippen LogP contribution is -2.45. The second kappa shape index (κ2) is 7.94. The van der Waals surface area contributed by atoms with Gasteiger partial charge in [0.25, 0.3) is 11.1 Å². The van der Waals surface area contributed by atoms with E-state index in [4.69, 9.17) is 0 Å². The number of likely N-dealkylation sites (tertiary alicyclic amines) is 2. The Balaban J connectivity index is 1.40. The van der Waals surface area contributed by atoms with Gasteiger partial charge in [-0.2, -0.15) is 0 Å². The third kappa shape index (κ3) is 4.32. The van der Waals surface area contributed by atoms with E-state index in [2.05, 4.69) is 10.00 Å². The van der Waals surface area contributed by atoms with Gasteiger partial charge < -0.3 is 4.90 Å². The topological polar surface area (TPSA) is 78.4 Å². The molecular formula is C21H25FN4O3.